The number of rotatable bonds is 3. The van der Waals surface area contributed by atoms with Crippen molar-refractivity contribution < 1.29 is 9.72 Å². The highest BCUT2D eigenvalue weighted by molar-refractivity contribution is 7.22. The molecule has 0 unspecified atom stereocenters. The van der Waals surface area contributed by atoms with Crippen molar-refractivity contribution in [3.05, 3.63) is 62.5 Å². The molecule has 1 N–H and O–H groups in total. The maximum absolute atomic E-state index is 12.4. The van der Waals surface area contributed by atoms with Gasteiger partial charge in [-0.1, -0.05) is 40.9 Å². The standard InChI is InChI=1S/C18H11N3O3S2/c22-17(12-6-7-14(25-12)21(23)24)20-18-19-16-11-3-1-2-9-4-5-10(15(9)11)8-13(16)26-18/h1-3,6-8H,4-5H2,(H,19,20,22). The number of benzene rings is 2. The number of carbonyl (C=O) groups excluding carboxylic acids is 1. The quantitative estimate of drug-likeness (QED) is 0.409. The van der Waals surface area contributed by atoms with Crippen molar-refractivity contribution in [3.8, 4) is 0 Å². The topological polar surface area (TPSA) is 85.1 Å². The first-order valence-electron chi connectivity index (χ1n) is 8.00. The zero-order chi connectivity index (χ0) is 17.8. The first-order chi connectivity index (χ1) is 12.6. The predicted octanol–water partition coefficient (Wildman–Crippen LogP) is 4.77. The van der Waals surface area contributed by atoms with Gasteiger partial charge in [0.05, 0.1) is 20.0 Å². The molecule has 2 heterocycles. The lowest BCUT2D eigenvalue weighted by molar-refractivity contribution is -0.380. The molecule has 1 amide bonds. The van der Waals surface area contributed by atoms with E-state index in [-0.39, 0.29) is 10.9 Å². The van der Waals surface area contributed by atoms with Crippen molar-refractivity contribution in [3.63, 3.8) is 0 Å². The van der Waals surface area contributed by atoms with Gasteiger partial charge in [0.2, 0.25) is 0 Å². The Labute approximate surface area is 155 Å². The van der Waals surface area contributed by atoms with E-state index in [1.54, 1.807) is 0 Å². The fourth-order valence-corrected chi connectivity index (χ4v) is 5.12. The van der Waals surface area contributed by atoms with Gasteiger partial charge in [0.15, 0.2) is 5.13 Å². The fourth-order valence-electron chi connectivity index (χ4n) is 3.46. The average Bonchev–Trinajstić information content (AvgIpc) is 3.34. The minimum absolute atomic E-state index is 0.0512. The second kappa shape index (κ2) is 5.58. The maximum Gasteiger partial charge on any atom is 0.324 e. The van der Waals surface area contributed by atoms with Crippen molar-refractivity contribution in [2.45, 2.75) is 12.8 Å². The van der Waals surface area contributed by atoms with E-state index in [1.165, 1.54) is 40.0 Å². The van der Waals surface area contributed by atoms with Crippen molar-refractivity contribution in [1.82, 2.24) is 4.98 Å². The average molecular weight is 381 g/mol. The number of nitrogens with one attached hydrogen (secondary N) is 1. The molecule has 128 valence electrons. The van der Waals surface area contributed by atoms with E-state index in [4.69, 9.17) is 0 Å². The molecule has 0 saturated carbocycles. The minimum Gasteiger partial charge on any atom is -0.297 e. The first-order valence-corrected chi connectivity index (χ1v) is 9.63. The Morgan fingerprint density at radius 3 is 2.81 bits per heavy atom. The normalized spacial score (nSPS) is 12.8. The number of nitrogens with zero attached hydrogens (tertiary/aromatic N) is 2. The Bertz CT molecular complexity index is 1230. The lowest BCUT2D eigenvalue weighted by Gasteiger charge is -2.02. The maximum atomic E-state index is 12.4. The third-order valence-corrected chi connectivity index (χ3v) is 6.52. The van der Waals surface area contributed by atoms with Gasteiger partial charge in [-0.05, 0) is 41.5 Å². The molecule has 0 saturated heterocycles. The summed E-state index contributed by atoms with van der Waals surface area (Å²) in [6.45, 7) is 0. The Morgan fingerprint density at radius 2 is 2.00 bits per heavy atom. The Kier molecular flexibility index (Phi) is 3.31. The summed E-state index contributed by atoms with van der Waals surface area (Å²) in [4.78, 5) is 27.6. The molecule has 0 atom stereocenters. The van der Waals surface area contributed by atoms with Gasteiger partial charge in [-0.2, -0.15) is 0 Å². The highest BCUT2D eigenvalue weighted by Gasteiger charge is 2.20. The van der Waals surface area contributed by atoms with Gasteiger partial charge in [-0.25, -0.2) is 4.98 Å². The van der Waals surface area contributed by atoms with Crippen LogP contribution in [-0.4, -0.2) is 15.8 Å². The largest absolute Gasteiger partial charge is 0.324 e. The number of amides is 1. The molecule has 0 aliphatic heterocycles. The number of aryl methyl sites for hydroxylation is 2. The molecule has 1 aliphatic rings. The molecular formula is C18H11N3O3S2. The van der Waals surface area contributed by atoms with Crippen molar-refractivity contribution in [1.29, 1.82) is 0 Å². The molecule has 8 heteroatoms. The molecule has 0 spiro atoms. The van der Waals surface area contributed by atoms with Crippen molar-refractivity contribution >= 4 is 59.7 Å². The summed E-state index contributed by atoms with van der Waals surface area (Å²) >= 11 is 2.29. The molecule has 6 nitrogen and oxygen atoms in total. The molecule has 26 heavy (non-hydrogen) atoms. The highest BCUT2D eigenvalue weighted by Crippen LogP contribution is 2.39. The summed E-state index contributed by atoms with van der Waals surface area (Å²) in [5.74, 6) is -0.375. The molecule has 0 radical (unpaired) electrons. The van der Waals surface area contributed by atoms with E-state index in [9.17, 15) is 14.9 Å². The number of thiophene rings is 1. The first kappa shape index (κ1) is 15.4. The number of thiazole rings is 1. The van der Waals surface area contributed by atoms with E-state index in [1.807, 2.05) is 0 Å². The molecule has 1 aliphatic carbocycles. The predicted molar refractivity (Wildman–Crippen MR) is 103 cm³/mol. The fraction of sp³-hybridized carbons (Fsp3) is 0.111. The number of nitro groups is 1. The van der Waals surface area contributed by atoms with Gasteiger partial charge in [0.1, 0.15) is 0 Å². The lowest BCUT2D eigenvalue weighted by atomic mass is 10.0. The van der Waals surface area contributed by atoms with Crippen molar-refractivity contribution in [2.24, 2.45) is 0 Å². The Hall–Kier alpha value is -2.84. The van der Waals surface area contributed by atoms with Crippen LogP contribution in [0.5, 0.6) is 0 Å². The third kappa shape index (κ3) is 2.30. The van der Waals surface area contributed by atoms with Crippen LogP contribution in [-0.2, 0) is 12.8 Å². The lowest BCUT2D eigenvalue weighted by Crippen LogP contribution is -2.09. The number of carbonyl (C=O) groups is 1. The summed E-state index contributed by atoms with van der Waals surface area (Å²) in [5.41, 5.74) is 3.58. The summed E-state index contributed by atoms with van der Waals surface area (Å²) < 4.78 is 1.04. The van der Waals surface area contributed by atoms with Crippen LogP contribution in [0, 0.1) is 10.1 Å². The van der Waals surface area contributed by atoms with Crippen LogP contribution in [0.25, 0.3) is 21.0 Å². The number of hydrogen-bond donors (Lipinski definition) is 1. The number of aromatic nitrogens is 1. The van der Waals surface area contributed by atoms with Crippen molar-refractivity contribution in [2.75, 3.05) is 5.32 Å². The molecular weight excluding hydrogens is 370 g/mol. The molecule has 0 fully saturated rings. The summed E-state index contributed by atoms with van der Waals surface area (Å²) in [6.07, 6.45) is 2.09. The monoisotopic (exact) mass is 381 g/mol. The molecule has 4 aromatic rings. The van der Waals surface area contributed by atoms with Crippen LogP contribution in [0.2, 0.25) is 0 Å². The van der Waals surface area contributed by atoms with Crippen LogP contribution in [0.15, 0.2) is 36.4 Å². The van der Waals surface area contributed by atoms with E-state index in [2.05, 4.69) is 34.6 Å². The Balaban J connectivity index is 1.54. The molecule has 5 rings (SSSR count). The smallest absolute Gasteiger partial charge is 0.297 e. The van der Waals surface area contributed by atoms with Crippen LogP contribution < -0.4 is 5.32 Å². The van der Waals surface area contributed by atoms with Gasteiger partial charge >= 0.3 is 5.00 Å². The second-order valence-electron chi connectivity index (χ2n) is 6.09. The number of anilines is 1. The SMILES string of the molecule is O=C(Nc1nc2c(cc3c4c(cccc42)CC3)s1)c1ccc([N+](=O)[O-])s1. The Morgan fingerprint density at radius 1 is 1.15 bits per heavy atom. The van der Waals surface area contributed by atoms with E-state index in [0.717, 1.165) is 39.8 Å². The third-order valence-electron chi connectivity index (χ3n) is 4.57. The summed E-state index contributed by atoms with van der Waals surface area (Å²) in [6, 6.07) is 11.2. The van der Waals surface area contributed by atoms with Gasteiger partial charge in [-0.3, -0.25) is 20.2 Å². The molecule has 2 aromatic heterocycles. The van der Waals surface area contributed by atoms with Crippen LogP contribution >= 0.6 is 22.7 Å². The summed E-state index contributed by atoms with van der Waals surface area (Å²) in [5, 5.41) is 16.4. The summed E-state index contributed by atoms with van der Waals surface area (Å²) in [7, 11) is 0. The highest BCUT2D eigenvalue weighted by atomic mass is 32.1. The van der Waals surface area contributed by atoms with Crippen LogP contribution in [0.4, 0.5) is 10.1 Å². The van der Waals surface area contributed by atoms with Gasteiger partial charge in [-0.15, -0.1) is 0 Å². The second-order valence-corrected chi connectivity index (χ2v) is 8.18. The zero-order valence-electron chi connectivity index (χ0n) is 13.3. The van der Waals surface area contributed by atoms with E-state index < -0.39 is 4.92 Å². The van der Waals surface area contributed by atoms with Gasteiger partial charge < -0.3 is 0 Å². The number of fused-ring (bicyclic) bond motifs is 2. The van der Waals surface area contributed by atoms with E-state index >= 15 is 0 Å². The molecule has 0 bridgehead atoms. The van der Waals surface area contributed by atoms with E-state index in [0.29, 0.717) is 10.0 Å². The number of hydrogen-bond acceptors (Lipinski definition) is 6. The molecule has 2 aromatic carbocycles. The van der Waals surface area contributed by atoms with Gasteiger partial charge in [0, 0.05) is 11.5 Å². The van der Waals surface area contributed by atoms with Crippen LogP contribution in [0.3, 0.4) is 0 Å². The zero-order valence-corrected chi connectivity index (χ0v) is 14.9. The minimum atomic E-state index is -0.497. The van der Waals surface area contributed by atoms with Crippen LogP contribution in [0.1, 0.15) is 20.8 Å². The van der Waals surface area contributed by atoms with Gasteiger partial charge in [0.25, 0.3) is 5.91 Å².